The molecule has 2 aliphatic rings. The number of benzene rings is 3. The van der Waals surface area contributed by atoms with E-state index >= 15 is 0 Å². The van der Waals surface area contributed by atoms with Crippen LogP contribution in [0.15, 0.2) is 72.8 Å². The molecule has 0 aromatic heterocycles. The number of nitrogens with zero attached hydrogens (tertiary/aromatic N) is 2. The molecule has 0 bridgehead atoms. The fourth-order valence-electron chi connectivity index (χ4n) is 4.86. The number of rotatable bonds is 6. The topological polar surface area (TPSA) is 100 Å². The maximum atomic E-state index is 13.2. The van der Waals surface area contributed by atoms with Crippen LogP contribution in [0.1, 0.15) is 27.9 Å². The van der Waals surface area contributed by atoms with Gasteiger partial charge in [0.2, 0.25) is 0 Å². The summed E-state index contributed by atoms with van der Waals surface area (Å²) in [5, 5.41) is 6.26. The Morgan fingerprint density at radius 2 is 1.74 bits per heavy atom. The number of anilines is 2. The SMILES string of the molecule is COC(=O)Oc1ccc2c(c1)NC(=O)/C2=C(\Nc1ccc(C(=O)N2CCC(N(C)C)C2)cc1)c1ccccc1. The third kappa shape index (κ3) is 5.49. The van der Waals surface area contributed by atoms with Gasteiger partial charge in [-0.25, -0.2) is 4.79 Å². The van der Waals surface area contributed by atoms with E-state index in [-0.39, 0.29) is 17.6 Å². The molecular formula is C30H30N4O5. The Morgan fingerprint density at radius 3 is 2.41 bits per heavy atom. The van der Waals surface area contributed by atoms with Crippen molar-refractivity contribution >= 4 is 40.6 Å². The molecule has 2 amide bonds. The number of nitrogens with one attached hydrogen (secondary N) is 2. The summed E-state index contributed by atoms with van der Waals surface area (Å²) in [6.45, 7) is 1.46. The van der Waals surface area contributed by atoms with Crippen molar-refractivity contribution in [2.75, 3.05) is 44.9 Å². The lowest BCUT2D eigenvalue weighted by Gasteiger charge is -2.20. The summed E-state index contributed by atoms with van der Waals surface area (Å²) in [6.07, 6.45) is 0.123. The van der Waals surface area contributed by atoms with Crippen molar-refractivity contribution in [1.29, 1.82) is 0 Å². The van der Waals surface area contributed by atoms with Crippen LogP contribution < -0.4 is 15.4 Å². The van der Waals surface area contributed by atoms with E-state index in [2.05, 4.69) is 20.3 Å². The molecule has 2 aliphatic heterocycles. The Kier molecular flexibility index (Phi) is 7.33. The monoisotopic (exact) mass is 526 g/mol. The first-order valence-corrected chi connectivity index (χ1v) is 12.7. The van der Waals surface area contributed by atoms with Crippen LogP contribution in [0.4, 0.5) is 16.2 Å². The highest BCUT2D eigenvalue weighted by Crippen LogP contribution is 2.39. The van der Waals surface area contributed by atoms with Gasteiger partial charge in [0, 0.05) is 42.0 Å². The minimum atomic E-state index is -0.842. The second-order valence-corrected chi connectivity index (χ2v) is 9.69. The van der Waals surface area contributed by atoms with Gasteiger partial charge in [0.25, 0.3) is 11.8 Å². The van der Waals surface area contributed by atoms with Crippen molar-refractivity contribution in [2.45, 2.75) is 12.5 Å². The molecule has 1 unspecified atom stereocenters. The van der Waals surface area contributed by atoms with Gasteiger partial charge in [-0.2, -0.15) is 0 Å². The minimum Gasteiger partial charge on any atom is -0.437 e. The van der Waals surface area contributed by atoms with E-state index in [1.54, 1.807) is 30.3 Å². The molecule has 2 N–H and O–H groups in total. The molecule has 9 heteroatoms. The zero-order valence-corrected chi connectivity index (χ0v) is 22.1. The number of methoxy groups -OCH3 is 1. The Morgan fingerprint density at radius 1 is 1.00 bits per heavy atom. The van der Waals surface area contributed by atoms with Gasteiger partial charge in [-0.3, -0.25) is 9.59 Å². The molecule has 9 nitrogen and oxygen atoms in total. The average molecular weight is 527 g/mol. The van der Waals surface area contributed by atoms with Gasteiger partial charge >= 0.3 is 6.16 Å². The molecule has 1 fully saturated rings. The van der Waals surface area contributed by atoms with Crippen LogP contribution in [0.25, 0.3) is 11.3 Å². The number of ether oxygens (including phenoxy) is 2. The molecule has 3 aromatic rings. The third-order valence-electron chi connectivity index (χ3n) is 7.00. The van der Waals surface area contributed by atoms with Crippen molar-refractivity contribution in [3.05, 3.63) is 89.5 Å². The second kappa shape index (κ2) is 11.0. The Balaban J connectivity index is 1.44. The van der Waals surface area contributed by atoms with Crippen molar-refractivity contribution in [3.63, 3.8) is 0 Å². The van der Waals surface area contributed by atoms with E-state index in [1.165, 1.54) is 7.11 Å². The Labute approximate surface area is 227 Å². The number of carbonyl (C=O) groups is 3. The van der Waals surface area contributed by atoms with Gasteiger partial charge in [0.1, 0.15) is 5.75 Å². The van der Waals surface area contributed by atoms with Crippen LogP contribution in [-0.2, 0) is 9.53 Å². The first kappa shape index (κ1) is 26.0. The highest BCUT2D eigenvalue weighted by molar-refractivity contribution is 6.37. The number of amides is 2. The number of likely N-dealkylation sites (tertiary alicyclic amines) is 1. The zero-order chi connectivity index (χ0) is 27.5. The van der Waals surface area contributed by atoms with Gasteiger partial charge in [-0.15, -0.1) is 0 Å². The normalized spacial score (nSPS) is 17.5. The summed E-state index contributed by atoms with van der Waals surface area (Å²) in [4.78, 5) is 41.8. The highest BCUT2D eigenvalue weighted by Gasteiger charge is 2.30. The maximum absolute atomic E-state index is 13.2. The third-order valence-corrected chi connectivity index (χ3v) is 7.00. The molecule has 0 spiro atoms. The van der Waals surface area contributed by atoms with Crippen LogP contribution >= 0.6 is 0 Å². The predicted octanol–water partition coefficient (Wildman–Crippen LogP) is 4.54. The maximum Gasteiger partial charge on any atom is 0.513 e. The molecule has 39 heavy (non-hydrogen) atoms. The van der Waals surface area contributed by atoms with Crippen LogP contribution in [0.2, 0.25) is 0 Å². The second-order valence-electron chi connectivity index (χ2n) is 9.69. The lowest BCUT2D eigenvalue weighted by molar-refractivity contribution is -0.110. The Hall–Kier alpha value is -4.63. The number of hydrogen-bond donors (Lipinski definition) is 2. The first-order valence-electron chi connectivity index (χ1n) is 12.7. The summed E-state index contributed by atoms with van der Waals surface area (Å²) in [7, 11) is 5.30. The van der Waals surface area contributed by atoms with Gasteiger partial charge < -0.3 is 29.9 Å². The van der Waals surface area contributed by atoms with E-state index in [0.29, 0.717) is 34.1 Å². The average Bonchev–Trinajstić information content (AvgIpc) is 3.57. The summed E-state index contributed by atoms with van der Waals surface area (Å²) in [6, 6.07) is 22.1. The molecule has 1 saturated heterocycles. The highest BCUT2D eigenvalue weighted by atomic mass is 16.7. The summed E-state index contributed by atoms with van der Waals surface area (Å²) >= 11 is 0. The molecular weight excluding hydrogens is 496 g/mol. The lowest BCUT2D eigenvalue weighted by Crippen LogP contribution is -2.34. The fraction of sp³-hybridized carbons (Fsp3) is 0.233. The first-order chi connectivity index (χ1) is 18.8. The largest absolute Gasteiger partial charge is 0.513 e. The molecule has 0 aliphatic carbocycles. The lowest BCUT2D eigenvalue weighted by atomic mass is 10.00. The molecule has 3 aromatic carbocycles. The summed E-state index contributed by atoms with van der Waals surface area (Å²) in [5.74, 6) is -0.0176. The molecule has 1 atom stereocenters. The summed E-state index contributed by atoms with van der Waals surface area (Å²) in [5.41, 5.74) is 4.42. The van der Waals surface area contributed by atoms with Crippen molar-refractivity contribution < 1.29 is 23.9 Å². The standard InChI is InChI=1S/C30H30N4O5/c1-33(2)22-15-16-34(18-22)29(36)20-9-11-21(12-10-20)31-27(19-7-5-4-6-8-19)26-24-14-13-23(39-30(37)38-3)17-25(24)32-28(26)35/h4-14,17,22,31H,15-16,18H2,1-3H3,(H,32,35)/b27-26-. The van der Waals surface area contributed by atoms with E-state index in [4.69, 9.17) is 4.74 Å². The van der Waals surface area contributed by atoms with Crippen LogP contribution in [0.5, 0.6) is 5.75 Å². The van der Waals surface area contributed by atoms with Crippen LogP contribution in [0, 0.1) is 0 Å². The van der Waals surface area contributed by atoms with Crippen LogP contribution in [-0.4, -0.2) is 68.1 Å². The minimum absolute atomic E-state index is 0.0154. The zero-order valence-electron chi connectivity index (χ0n) is 22.1. The van der Waals surface area contributed by atoms with Gasteiger partial charge in [0.05, 0.1) is 24.1 Å². The van der Waals surface area contributed by atoms with Gasteiger partial charge in [0.15, 0.2) is 0 Å². The number of likely N-dealkylation sites (N-methyl/N-ethyl adjacent to an activating group) is 1. The molecule has 2 heterocycles. The van der Waals surface area contributed by atoms with Crippen molar-refractivity contribution in [2.24, 2.45) is 0 Å². The van der Waals surface area contributed by atoms with Gasteiger partial charge in [-0.1, -0.05) is 30.3 Å². The predicted molar refractivity (Wildman–Crippen MR) is 149 cm³/mol. The van der Waals surface area contributed by atoms with E-state index < -0.39 is 6.16 Å². The van der Waals surface area contributed by atoms with E-state index in [1.807, 2.05) is 61.5 Å². The molecule has 0 saturated carbocycles. The van der Waals surface area contributed by atoms with E-state index in [9.17, 15) is 14.4 Å². The quantitative estimate of drug-likeness (QED) is 0.276. The number of carbonyl (C=O) groups excluding carboxylic acids is 3. The Bertz CT molecular complexity index is 1430. The molecule has 5 rings (SSSR count). The fourth-order valence-corrected chi connectivity index (χ4v) is 4.86. The van der Waals surface area contributed by atoms with Gasteiger partial charge in [-0.05, 0) is 62.5 Å². The van der Waals surface area contributed by atoms with Crippen molar-refractivity contribution in [1.82, 2.24) is 9.80 Å². The van der Waals surface area contributed by atoms with Crippen LogP contribution in [0.3, 0.4) is 0 Å². The van der Waals surface area contributed by atoms with Crippen molar-refractivity contribution in [3.8, 4) is 5.75 Å². The van der Waals surface area contributed by atoms with E-state index in [0.717, 1.165) is 30.8 Å². The summed E-state index contributed by atoms with van der Waals surface area (Å²) < 4.78 is 9.66. The smallest absolute Gasteiger partial charge is 0.437 e. The molecule has 200 valence electrons. The molecule has 0 radical (unpaired) electrons. The number of fused-ring (bicyclic) bond motifs is 1. The number of hydrogen-bond acceptors (Lipinski definition) is 7.